The molecule has 1 aromatic heterocycles. The number of benzene rings is 1. The molecule has 1 saturated heterocycles. The van der Waals surface area contributed by atoms with Gasteiger partial charge in [-0.1, -0.05) is 12.1 Å². The Balaban J connectivity index is 1.74. The average molecular weight is 344 g/mol. The first-order valence-corrected chi connectivity index (χ1v) is 8.28. The number of halogens is 1. The lowest BCUT2D eigenvalue weighted by Gasteiger charge is -2.34. The van der Waals surface area contributed by atoms with Crippen LogP contribution in [0.3, 0.4) is 0 Å². The predicted molar refractivity (Wildman–Crippen MR) is 90.6 cm³/mol. The minimum Gasteiger partial charge on any atom is -0.379 e. The van der Waals surface area contributed by atoms with Crippen LogP contribution in [0.2, 0.25) is 0 Å². The molecule has 3 rings (SSSR count). The molecule has 1 aliphatic rings. The third kappa shape index (κ3) is 4.58. The number of hydrogen-bond donors (Lipinski definition) is 1. The molecule has 0 aliphatic carbocycles. The zero-order chi connectivity index (χ0) is 17.6. The lowest BCUT2D eigenvalue weighted by atomic mass is 10.0. The lowest BCUT2D eigenvalue weighted by Crippen LogP contribution is -2.44. The Morgan fingerprint density at radius 1 is 1.36 bits per heavy atom. The van der Waals surface area contributed by atoms with Gasteiger partial charge >= 0.3 is 0 Å². The van der Waals surface area contributed by atoms with E-state index in [1.165, 1.54) is 12.1 Å². The number of aromatic nitrogens is 2. The molecule has 1 N–H and O–H groups in total. The van der Waals surface area contributed by atoms with E-state index in [9.17, 15) is 9.18 Å². The van der Waals surface area contributed by atoms with E-state index in [4.69, 9.17) is 4.74 Å². The maximum absolute atomic E-state index is 13.7. The van der Waals surface area contributed by atoms with Crippen molar-refractivity contribution in [1.82, 2.24) is 20.2 Å². The first kappa shape index (κ1) is 17.4. The van der Waals surface area contributed by atoms with Gasteiger partial charge < -0.3 is 10.1 Å². The minimum absolute atomic E-state index is 0.119. The monoisotopic (exact) mass is 344 g/mol. The number of hydrogen-bond acceptors (Lipinski definition) is 5. The molecule has 1 atom stereocenters. The van der Waals surface area contributed by atoms with Gasteiger partial charge in [-0.05, 0) is 30.7 Å². The Morgan fingerprint density at radius 2 is 2.16 bits per heavy atom. The number of ether oxygens (including phenoxy) is 1. The third-order valence-electron chi connectivity index (χ3n) is 4.18. The van der Waals surface area contributed by atoms with Crippen LogP contribution in [0.5, 0.6) is 0 Å². The van der Waals surface area contributed by atoms with Crippen LogP contribution < -0.4 is 5.32 Å². The largest absolute Gasteiger partial charge is 0.379 e. The van der Waals surface area contributed by atoms with Crippen LogP contribution in [0.15, 0.2) is 36.5 Å². The second-order valence-corrected chi connectivity index (χ2v) is 5.92. The van der Waals surface area contributed by atoms with Gasteiger partial charge in [0, 0.05) is 25.8 Å². The van der Waals surface area contributed by atoms with E-state index >= 15 is 0 Å². The summed E-state index contributed by atoms with van der Waals surface area (Å²) in [6, 6.07) is 7.96. The summed E-state index contributed by atoms with van der Waals surface area (Å²) < 4.78 is 19.1. The second-order valence-electron chi connectivity index (χ2n) is 5.92. The van der Waals surface area contributed by atoms with Gasteiger partial charge in [0.05, 0.1) is 19.3 Å². The molecule has 2 aromatic rings. The van der Waals surface area contributed by atoms with Crippen molar-refractivity contribution >= 4 is 5.91 Å². The number of nitrogens with zero attached hydrogens (tertiary/aromatic N) is 3. The second kappa shape index (κ2) is 8.13. The molecule has 0 saturated carbocycles. The van der Waals surface area contributed by atoms with Crippen LogP contribution in [0.1, 0.15) is 27.9 Å². The highest BCUT2D eigenvalue weighted by atomic mass is 19.1. The van der Waals surface area contributed by atoms with E-state index in [1.54, 1.807) is 25.3 Å². The molecule has 0 bridgehead atoms. The number of morpholine rings is 1. The fraction of sp³-hybridized carbons (Fsp3) is 0.389. The molecule has 6 nitrogen and oxygen atoms in total. The highest BCUT2D eigenvalue weighted by molar-refractivity contribution is 5.92. The number of carbonyl (C=O) groups excluding carboxylic acids is 1. The van der Waals surface area contributed by atoms with Crippen molar-refractivity contribution < 1.29 is 13.9 Å². The standard InChI is InChI=1S/C18H21FN4O2/c1-13-20-6-5-16(22-13)18(24)21-12-17(23-7-9-25-10-8-23)14-3-2-4-15(19)11-14/h2-6,11,17H,7-10,12H2,1H3,(H,21,24). The van der Waals surface area contributed by atoms with Gasteiger partial charge in [-0.15, -0.1) is 0 Å². The van der Waals surface area contributed by atoms with Crippen LogP contribution in [0, 0.1) is 12.7 Å². The topological polar surface area (TPSA) is 67.4 Å². The molecule has 132 valence electrons. The van der Waals surface area contributed by atoms with Crippen molar-refractivity contribution in [2.24, 2.45) is 0 Å². The van der Waals surface area contributed by atoms with Crippen LogP contribution in [0.4, 0.5) is 4.39 Å². The molecular weight excluding hydrogens is 323 g/mol. The van der Waals surface area contributed by atoms with Crippen molar-refractivity contribution in [2.75, 3.05) is 32.8 Å². The number of amides is 1. The van der Waals surface area contributed by atoms with Crippen molar-refractivity contribution in [3.63, 3.8) is 0 Å². The fourth-order valence-corrected chi connectivity index (χ4v) is 2.92. The number of nitrogens with one attached hydrogen (secondary N) is 1. The molecule has 1 amide bonds. The van der Waals surface area contributed by atoms with Crippen LogP contribution >= 0.6 is 0 Å². The van der Waals surface area contributed by atoms with Crippen LogP contribution in [-0.4, -0.2) is 53.6 Å². The Bertz CT molecular complexity index is 735. The van der Waals surface area contributed by atoms with Crippen molar-refractivity contribution in [3.8, 4) is 0 Å². The minimum atomic E-state index is -0.284. The van der Waals surface area contributed by atoms with E-state index in [0.29, 0.717) is 31.3 Å². The van der Waals surface area contributed by atoms with Crippen molar-refractivity contribution in [1.29, 1.82) is 0 Å². The first-order chi connectivity index (χ1) is 12.1. The molecule has 0 radical (unpaired) electrons. The smallest absolute Gasteiger partial charge is 0.270 e. The summed E-state index contributed by atoms with van der Waals surface area (Å²) >= 11 is 0. The summed E-state index contributed by atoms with van der Waals surface area (Å²) in [7, 11) is 0. The van der Waals surface area contributed by atoms with Gasteiger partial charge in [-0.2, -0.15) is 0 Å². The molecule has 25 heavy (non-hydrogen) atoms. The van der Waals surface area contributed by atoms with E-state index < -0.39 is 0 Å². The molecular formula is C18H21FN4O2. The lowest BCUT2D eigenvalue weighted by molar-refractivity contribution is 0.0161. The normalized spacial score (nSPS) is 16.4. The molecule has 0 spiro atoms. The molecule has 1 fully saturated rings. The van der Waals surface area contributed by atoms with Gasteiger partial charge in [0.15, 0.2) is 0 Å². The van der Waals surface area contributed by atoms with Gasteiger partial charge in [0.1, 0.15) is 17.3 Å². The average Bonchev–Trinajstić information content (AvgIpc) is 2.63. The summed E-state index contributed by atoms with van der Waals surface area (Å²) in [5.74, 6) is -0.00353. The quantitative estimate of drug-likeness (QED) is 0.895. The van der Waals surface area contributed by atoms with Crippen molar-refractivity contribution in [3.05, 3.63) is 59.4 Å². The summed E-state index contributed by atoms with van der Waals surface area (Å²) in [6.45, 7) is 4.84. The van der Waals surface area contributed by atoms with Gasteiger partial charge in [0.25, 0.3) is 5.91 Å². The van der Waals surface area contributed by atoms with E-state index in [-0.39, 0.29) is 17.8 Å². The summed E-state index contributed by atoms with van der Waals surface area (Å²) in [5.41, 5.74) is 1.16. The van der Waals surface area contributed by atoms with Gasteiger partial charge in [-0.3, -0.25) is 9.69 Å². The molecule has 1 aliphatic heterocycles. The predicted octanol–water partition coefficient (Wildman–Crippen LogP) is 1.73. The van der Waals surface area contributed by atoms with Gasteiger partial charge in [-0.25, -0.2) is 14.4 Å². The molecule has 1 unspecified atom stereocenters. The van der Waals surface area contributed by atoms with E-state index in [1.807, 2.05) is 6.07 Å². The Kier molecular flexibility index (Phi) is 5.67. The van der Waals surface area contributed by atoms with E-state index in [2.05, 4.69) is 20.2 Å². The highest BCUT2D eigenvalue weighted by Crippen LogP contribution is 2.22. The van der Waals surface area contributed by atoms with E-state index in [0.717, 1.165) is 18.7 Å². The van der Waals surface area contributed by atoms with Crippen LogP contribution in [-0.2, 0) is 4.74 Å². The Hall–Kier alpha value is -2.38. The SMILES string of the molecule is Cc1nccc(C(=O)NCC(c2cccc(F)c2)N2CCOCC2)n1. The maximum Gasteiger partial charge on any atom is 0.270 e. The zero-order valence-electron chi connectivity index (χ0n) is 14.1. The number of aryl methyl sites for hydroxylation is 1. The third-order valence-corrected chi connectivity index (χ3v) is 4.18. The van der Waals surface area contributed by atoms with Crippen molar-refractivity contribution in [2.45, 2.75) is 13.0 Å². The maximum atomic E-state index is 13.7. The summed E-state index contributed by atoms with van der Waals surface area (Å²) in [6.07, 6.45) is 1.56. The summed E-state index contributed by atoms with van der Waals surface area (Å²) in [5, 5.41) is 2.91. The first-order valence-electron chi connectivity index (χ1n) is 8.28. The fourth-order valence-electron chi connectivity index (χ4n) is 2.92. The Morgan fingerprint density at radius 3 is 2.88 bits per heavy atom. The Labute approximate surface area is 146 Å². The summed E-state index contributed by atoms with van der Waals surface area (Å²) in [4.78, 5) is 22.7. The molecule has 2 heterocycles. The van der Waals surface area contributed by atoms with Crippen LogP contribution in [0.25, 0.3) is 0 Å². The molecule has 1 aromatic carbocycles. The number of rotatable bonds is 5. The zero-order valence-corrected chi connectivity index (χ0v) is 14.1. The highest BCUT2D eigenvalue weighted by Gasteiger charge is 2.24. The number of carbonyl (C=O) groups is 1. The van der Waals surface area contributed by atoms with Gasteiger partial charge in [0.2, 0.25) is 0 Å². The molecule has 7 heteroatoms.